The van der Waals surface area contributed by atoms with E-state index in [4.69, 9.17) is 9.47 Å². The largest absolute Gasteiger partial charge is 0.479 e. The van der Waals surface area contributed by atoms with Gasteiger partial charge in [-0.1, -0.05) is 24.3 Å². The minimum Gasteiger partial charge on any atom is -0.479 e. The number of benzene rings is 2. The summed E-state index contributed by atoms with van der Waals surface area (Å²) in [6.45, 7) is 1.89. The zero-order chi connectivity index (χ0) is 26.7. The summed E-state index contributed by atoms with van der Waals surface area (Å²) in [7, 11) is 0. The number of allylic oxidation sites excluding steroid dienone is 1. The topological polar surface area (TPSA) is 126 Å². The zero-order valence-corrected chi connectivity index (χ0v) is 20.6. The van der Waals surface area contributed by atoms with Crippen LogP contribution < -0.4 is 9.64 Å². The molecule has 3 aromatic rings. The van der Waals surface area contributed by atoms with Crippen LogP contribution in [0.25, 0.3) is 0 Å². The van der Waals surface area contributed by atoms with Gasteiger partial charge in [0.25, 0.3) is 5.91 Å². The van der Waals surface area contributed by atoms with E-state index in [1.54, 1.807) is 49.5 Å². The van der Waals surface area contributed by atoms with Gasteiger partial charge in [-0.25, -0.2) is 14.8 Å². The SMILES string of the molecule is Cc1nccc(N(C(=O)c2cccc(OC3(C(=O)O)CCCC4=C3C=C(C#N)OC4)c2)c2ccccc2)n1. The highest BCUT2D eigenvalue weighted by Crippen LogP contribution is 2.41. The number of nitriles is 1. The van der Waals surface area contributed by atoms with Crippen LogP contribution in [0.2, 0.25) is 0 Å². The number of aromatic nitrogens is 2. The monoisotopic (exact) mass is 508 g/mol. The smallest absolute Gasteiger partial charge is 0.352 e. The second kappa shape index (κ2) is 10.2. The molecule has 5 rings (SSSR count). The molecule has 2 aliphatic rings. The molecule has 2 heterocycles. The molecule has 0 saturated carbocycles. The maximum absolute atomic E-state index is 13.8. The van der Waals surface area contributed by atoms with Gasteiger partial charge in [-0.2, -0.15) is 5.26 Å². The van der Waals surface area contributed by atoms with Gasteiger partial charge < -0.3 is 14.6 Å². The second-order valence-electron chi connectivity index (χ2n) is 8.98. The Morgan fingerprint density at radius 2 is 1.97 bits per heavy atom. The summed E-state index contributed by atoms with van der Waals surface area (Å²) >= 11 is 0. The van der Waals surface area contributed by atoms with E-state index in [2.05, 4.69) is 9.97 Å². The van der Waals surface area contributed by atoms with Gasteiger partial charge in [-0.3, -0.25) is 9.69 Å². The summed E-state index contributed by atoms with van der Waals surface area (Å²) in [6.07, 6.45) is 4.49. The number of amides is 1. The molecule has 9 nitrogen and oxygen atoms in total. The molecule has 9 heteroatoms. The second-order valence-corrected chi connectivity index (χ2v) is 8.98. The lowest BCUT2D eigenvalue weighted by Gasteiger charge is -2.38. The fraction of sp³-hybridized carbons (Fsp3) is 0.207. The number of carbonyl (C=O) groups excluding carboxylic acids is 1. The average molecular weight is 509 g/mol. The molecule has 0 spiro atoms. The van der Waals surface area contributed by atoms with E-state index in [0.29, 0.717) is 35.7 Å². The summed E-state index contributed by atoms with van der Waals surface area (Å²) in [6, 6.07) is 19.1. The molecule has 1 unspecified atom stereocenters. The number of hydrogen-bond donors (Lipinski definition) is 1. The molecule has 38 heavy (non-hydrogen) atoms. The predicted molar refractivity (Wildman–Crippen MR) is 138 cm³/mol. The molecule has 1 atom stereocenters. The van der Waals surface area contributed by atoms with Crippen molar-refractivity contribution >= 4 is 23.4 Å². The average Bonchev–Trinajstić information content (AvgIpc) is 2.94. The number of carbonyl (C=O) groups is 2. The summed E-state index contributed by atoms with van der Waals surface area (Å²) in [5.41, 5.74) is 0.414. The van der Waals surface area contributed by atoms with Crippen LogP contribution >= 0.6 is 0 Å². The van der Waals surface area contributed by atoms with Crippen LogP contribution in [-0.4, -0.2) is 39.2 Å². The number of carboxylic acid groups (broad SMARTS) is 1. The van der Waals surface area contributed by atoms with E-state index in [-0.39, 0.29) is 36.0 Å². The third-order valence-corrected chi connectivity index (χ3v) is 6.54. The standard InChI is InChI=1S/C29H24N4O5/c1-19-31-14-12-26(32-19)33(22-9-3-2-4-10-22)27(34)20-7-5-11-23(15-20)38-29(28(35)36)13-6-8-21-18-37-24(17-30)16-25(21)29/h2-5,7,9-12,14-16H,6,8,13,18H2,1H3,(H,35,36). The van der Waals surface area contributed by atoms with Crippen molar-refractivity contribution in [3.05, 3.63) is 101 Å². The minimum absolute atomic E-state index is 0.0439. The number of aliphatic carboxylic acids is 1. The van der Waals surface area contributed by atoms with E-state index in [1.165, 1.54) is 17.0 Å². The lowest BCUT2D eigenvalue weighted by atomic mass is 9.77. The van der Waals surface area contributed by atoms with E-state index in [0.717, 1.165) is 5.57 Å². The number of nitrogens with zero attached hydrogens (tertiary/aromatic N) is 4. The van der Waals surface area contributed by atoms with Gasteiger partial charge >= 0.3 is 5.97 Å². The van der Waals surface area contributed by atoms with Gasteiger partial charge in [-0.05, 0) is 67.8 Å². The molecule has 2 aromatic carbocycles. The zero-order valence-electron chi connectivity index (χ0n) is 20.6. The Hall–Kier alpha value is -4.97. The Bertz CT molecular complexity index is 1510. The number of ether oxygens (including phenoxy) is 2. The summed E-state index contributed by atoms with van der Waals surface area (Å²) in [5.74, 6) is -0.357. The molecule has 1 aliphatic heterocycles. The van der Waals surface area contributed by atoms with Crippen LogP contribution in [0.5, 0.6) is 5.75 Å². The summed E-state index contributed by atoms with van der Waals surface area (Å²) < 4.78 is 11.6. The van der Waals surface area contributed by atoms with E-state index in [9.17, 15) is 20.0 Å². The molecule has 1 aromatic heterocycles. The fourth-order valence-electron chi connectivity index (χ4n) is 4.77. The van der Waals surface area contributed by atoms with Crippen LogP contribution in [0.15, 0.2) is 89.8 Å². The first-order valence-electron chi connectivity index (χ1n) is 12.1. The molecule has 0 fully saturated rings. The molecule has 0 saturated heterocycles. The van der Waals surface area contributed by atoms with Gasteiger partial charge in [-0.15, -0.1) is 0 Å². The van der Waals surface area contributed by atoms with Gasteiger partial charge in [0.1, 0.15) is 30.1 Å². The Kier molecular flexibility index (Phi) is 6.62. The van der Waals surface area contributed by atoms with Crippen LogP contribution in [0.3, 0.4) is 0 Å². The number of rotatable bonds is 6. The van der Waals surface area contributed by atoms with Crippen LogP contribution in [0.1, 0.15) is 35.4 Å². The van der Waals surface area contributed by atoms with Gasteiger partial charge in [0, 0.05) is 23.8 Å². The van der Waals surface area contributed by atoms with Crippen molar-refractivity contribution in [1.82, 2.24) is 9.97 Å². The van der Waals surface area contributed by atoms with Crippen molar-refractivity contribution in [3.63, 3.8) is 0 Å². The Labute approximate surface area is 219 Å². The summed E-state index contributed by atoms with van der Waals surface area (Å²) in [5, 5.41) is 19.7. The Morgan fingerprint density at radius 3 is 2.71 bits per heavy atom. The number of hydrogen-bond acceptors (Lipinski definition) is 7. The number of para-hydroxylation sites is 1. The Morgan fingerprint density at radius 1 is 1.16 bits per heavy atom. The van der Waals surface area contributed by atoms with Gasteiger partial charge in [0.15, 0.2) is 5.76 Å². The van der Waals surface area contributed by atoms with E-state index < -0.39 is 11.6 Å². The number of aryl methyl sites for hydroxylation is 1. The number of carboxylic acids is 1. The van der Waals surface area contributed by atoms with Gasteiger partial charge in [0.05, 0.1) is 5.69 Å². The Balaban J connectivity index is 1.53. The van der Waals surface area contributed by atoms with Crippen molar-refractivity contribution < 1.29 is 24.2 Å². The lowest BCUT2D eigenvalue weighted by molar-refractivity contribution is -0.152. The van der Waals surface area contributed by atoms with Crippen molar-refractivity contribution in [1.29, 1.82) is 5.26 Å². The molecule has 1 aliphatic carbocycles. The van der Waals surface area contributed by atoms with Crippen LogP contribution in [-0.2, 0) is 9.53 Å². The van der Waals surface area contributed by atoms with Crippen LogP contribution in [0.4, 0.5) is 11.5 Å². The fourth-order valence-corrected chi connectivity index (χ4v) is 4.77. The molecule has 190 valence electrons. The molecule has 1 amide bonds. The first-order valence-corrected chi connectivity index (χ1v) is 12.1. The third-order valence-electron chi connectivity index (χ3n) is 6.54. The molecular weight excluding hydrogens is 484 g/mol. The van der Waals surface area contributed by atoms with Crippen molar-refractivity contribution in [2.45, 2.75) is 31.8 Å². The maximum Gasteiger partial charge on any atom is 0.352 e. The van der Waals surface area contributed by atoms with Crippen LogP contribution in [0, 0.1) is 18.3 Å². The number of anilines is 2. The quantitative estimate of drug-likeness (QED) is 0.499. The first-order chi connectivity index (χ1) is 18.4. The highest BCUT2D eigenvalue weighted by atomic mass is 16.5. The molecule has 1 N–H and O–H groups in total. The third kappa shape index (κ3) is 4.60. The predicted octanol–water partition coefficient (Wildman–Crippen LogP) is 4.88. The highest BCUT2D eigenvalue weighted by molar-refractivity contribution is 6.10. The lowest BCUT2D eigenvalue weighted by Crippen LogP contribution is -2.49. The van der Waals surface area contributed by atoms with E-state index in [1.807, 2.05) is 24.3 Å². The first kappa shape index (κ1) is 24.7. The van der Waals surface area contributed by atoms with E-state index >= 15 is 0 Å². The maximum atomic E-state index is 13.8. The minimum atomic E-state index is -1.70. The normalized spacial score (nSPS) is 18.4. The summed E-state index contributed by atoms with van der Waals surface area (Å²) in [4.78, 5) is 36.6. The van der Waals surface area contributed by atoms with Crippen molar-refractivity contribution in [2.24, 2.45) is 0 Å². The molecular formula is C29H24N4O5. The van der Waals surface area contributed by atoms with Gasteiger partial charge in [0.2, 0.25) is 5.60 Å². The molecule has 0 bridgehead atoms. The van der Waals surface area contributed by atoms with Crippen molar-refractivity contribution in [3.8, 4) is 11.8 Å². The van der Waals surface area contributed by atoms with Crippen molar-refractivity contribution in [2.75, 3.05) is 11.5 Å². The molecule has 0 radical (unpaired) electrons. The highest BCUT2D eigenvalue weighted by Gasteiger charge is 2.48.